The Morgan fingerprint density at radius 1 is 1.19 bits per heavy atom. The van der Waals surface area contributed by atoms with E-state index in [1.807, 2.05) is 12.1 Å². The fraction of sp³-hybridized carbons (Fsp3) is 0.273. The zero-order valence-electron chi connectivity index (χ0n) is 16.8. The van der Waals surface area contributed by atoms with E-state index >= 15 is 0 Å². The molecule has 2 aromatic carbocycles. The molecule has 2 heterocycles. The van der Waals surface area contributed by atoms with Crippen LogP contribution in [0.3, 0.4) is 0 Å². The third kappa shape index (κ3) is 4.03. The van der Waals surface area contributed by atoms with Gasteiger partial charge in [0.25, 0.3) is 5.91 Å². The Hall–Kier alpha value is -2.91. The molecule has 5 rings (SSSR count). The highest BCUT2D eigenvalue weighted by atomic mass is 32.2. The number of furan rings is 1. The second-order valence-corrected chi connectivity index (χ2v) is 10.7. The van der Waals surface area contributed by atoms with Crippen molar-refractivity contribution in [2.45, 2.75) is 30.6 Å². The summed E-state index contributed by atoms with van der Waals surface area (Å²) in [5.74, 6) is 1.33. The van der Waals surface area contributed by atoms with Crippen LogP contribution in [0.2, 0.25) is 0 Å². The quantitative estimate of drug-likeness (QED) is 0.480. The van der Waals surface area contributed by atoms with Gasteiger partial charge in [0.15, 0.2) is 21.6 Å². The summed E-state index contributed by atoms with van der Waals surface area (Å²) in [5.41, 5.74) is 2.73. The normalized spacial score (nSPS) is 14.0. The van der Waals surface area contributed by atoms with E-state index in [1.54, 1.807) is 18.2 Å². The molecule has 0 aliphatic heterocycles. The average Bonchev–Trinajstić information content (AvgIpc) is 3.31. The van der Waals surface area contributed by atoms with Crippen LogP contribution in [-0.4, -0.2) is 32.2 Å². The number of nitrogens with one attached hydrogen (secondary N) is 1. The van der Waals surface area contributed by atoms with Gasteiger partial charge < -0.3 is 9.15 Å². The molecule has 1 aliphatic carbocycles. The van der Waals surface area contributed by atoms with Gasteiger partial charge in [-0.15, -0.1) is 0 Å². The van der Waals surface area contributed by atoms with E-state index < -0.39 is 9.84 Å². The second kappa shape index (κ2) is 7.65. The molecular weight excluding hydrogens is 436 g/mol. The molecule has 0 radical (unpaired) electrons. The van der Waals surface area contributed by atoms with Crippen molar-refractivity contribution in [2.75, 3.05) is 18.2 Å². The van der Waals surface area contributed by atoms with Gasteiger partial charge in [-0.25, -0.2) is 13.4 Å². The molecule has 0 atom stereocenters. The first kappa shape index (κ1) is 20.0. The third-order valence-corrected chi connectivity index (χ3v) is 7.37. The van der Waals surface area contributed by atoms with Gasteiger partial charge in [0.2, 0.25) is 0 Å². The Kier molecular flexibility index (Phi) is 4.94. The van der Waals surface area contributed by atoms with Gasteiger partial charge in [0.05, 0.1) is 15.1 Å². The van der Waals surface area contributed by atoms with Crippen LogP contribution in [0.15, 0.2) is 45.7 Å². The number of amides is 1. The number of rotatable bonds is 5. The molecule has 0 spiro atoms. The third-order valence-electron chi connectivity index (χ3n) is 5.33. The zero-order chi connectivity index (χ0) is 21.6. The van der Waals surface area contributed by atoms with Crippen molar-refractivity contribution in [3.8, 4) is 5.75 Å². The number of aromatic nitrogens is 1. The van der Waals surface area contributed by atoms with E-state index in [-0.39, 0.29) is 17.4 Å². The van der Waals surface area contributed by atoms with Gasteiger partial charge in [0, 0.05) is 23.6 Å². The number of carbonyl (C=O) groups excluding carboxylic acids is 1. The number of benzene rings is 2. The molecule has 9 heteroatoms. The predicted octanol–water partition coefficient (Wildman–Crippen LogP) is 4.34. The molecule has 1 amide bonds. The first-order valence-corrected chi connectivity index (χ1v) is 12.7. The van der Waals surface area contributed by atoms with Crippen LogP contribution < -0.4 is 10.1 Å². The Morgan fingerprint density at radius 3 is 2.87 bits per heavy atom. The van der Waals surface area contributed by atoms with Crippen molar-refractivity contribution >= 4 is 53.4 Å². The Bertz CT molecular complexity index is 1420. The molecule has 0 unspecified atom stereocenters. The number of sulfone groups is 1. The maximum absolute atomic E-state index is 12.4. The van der Waals surface area contributed by atoms with Gasteiger partial charge in [0.1, 0.15) is 17.1 Å². The summed E-state index contributed by atoms with van der Waals surface area (Å²) < 4.78 is 35.7. The van der Waals surface area contributed by atoms with Crippen LogP contribution in [0.1, 0.15) is 24.2 Å². The maximum atomic E-state index is 12.4. The highest BCUT2D eigenvalue weighted by Crippen LogP contribution is 2.34. The second-order valence-electron chi connectivity index (χ2n) is 7.63. The van der Waals surface area contributed by atoms with Gasteiger partial charge in [-0.3, -0.25) is 10.1 Å². The number of nitrogens with zero attached hydrogens (tertiary/aromatic N) is 1. The summed E-state index contributed by atoms with van der Waals surface area (Å²) in [5, 5.41) is 4.17. The molecule has 0 fully saturated rings. The largest absolute Gasteiger partial charge is 0.484 e. The molecule has 7 nitrogen and oxygen atoms in total. The summed E-state index contributed by atoms with van der Waals surface area (Å²) in [4.78, 5) is 16.9. The summed E-state index contributed by atoms with van der Waals surface area (Å²) in [6.45, 7) is -0.157. The molecular formula is C22H20N2O5S2. The van der Waals surface area contributed by atoms with Crippen LogP contribution in [0.5, 0.6) is 5.75 Å². The Labute approximate surface area is 183 Å². The molecule has 4 aromatic rings. The average molecular weight is 457 g/mol. The highest BCUT2D eigenvalue weighted by Gasteiger charge is 2.18. The fourth-order valence-electron chi connectivity index (χ4n) is 3.82. The van der Waals surface area contributed by atoms with Crippen molar-refractivity contribution in [1.82, 2.24) is 4.98 Å². The SMILES string of the molecule is CS(=O)(=O)c1ccc2nc(NC(=O)COc3ccc4oc5c(c4c3)CCCC5)sc2c1. The number of ether oxygens (including phenoxy) is 1. The number of aryl methyl sites for hydroxylation is 2. The topological polar surface area (TPSA) is 98.5 Å². The minimum Gasteiger partial charge on any atom is -0.484 e. The number of thiazole rings is 1. The lowest BCUT2D eigenvalue weighted by Gasteiger charge is -2.09. The van der Waals surface area contributed by atoms with Crippen LogP contribution in [0.25, 0.3) is 21.2 Å². The summed E-state index contributed by atoms with van der Waals surface area (Å²) in [6.07, 6.45) is 5.44. The first-order chi connectivity index (χ1) is 14.9. The molecule has 1 aliphatic rings. The first-order valence-electron chi connectivity index (χ1n) is 9.94. The van der Waals surface area contributed by atoms with E-state index in [1.165, 1.54) is 23.0 Å². The van der Waals surface area contributed by atoms with Crippen LogP contribution >= 0.6 is 11.3 Å². The van der Waals surface area contributed by atoms with E-state index in [0.29, 0.717) is 21.1 Å². The van der Waals surface area contributed by atoms with Gasteiger partial charge in [-0.05, 0) is 55.7 Å². The Balaban J connectivity index is 1.27. The zero-order valence-corrected chi connectivity index (χ0v) is 18.4. The lowest BCUT2D eigenvalue weighted by molar-refractivity contribution is -0.118. The minimum absolute atomic E-state index is 0.157. The fourth-order valence-corrected chi connectivity index (χ4v) is 5.47. The van der Waals surface area contributed by atoms with Gasteiger partial charge >= 0.3 is 0 Å². The van der Waals surface area contributed by atoms with Crippen LogP contribution in [0, 0.1) is 0 Å². The number of hydrogen-bond donors (Lipinski definition) is 1. The van der Waals surface area contributed by atoms with E-state index in [0.717, 1.165) is 48.7 Å². The molecule has 2 aromatic heterocycles. The molecule has 0 bridgehead atoms. The van der Waals surface area contributed by atoms with Crippen molar-refractivity contribution < 1.29 is 22.4 Å². The molecule has 0 saturated carbocycles. The van der Waals surface area contributed by atoms with Gasteiger partial charge in [-0.1, -0.05) is 11.3 Å². The van der Waals surface area contributed by atoms with Crippen molar-refractivity contribution in [2.24, 2.45) is 0 Å². The molecule has 160 valence electrons. The van der Waals surface area contributed by atoms with E-state index in [2.05, 4.69) is 10.3 Å². The molecule has 0 saturated heterocycles. The number of fused-ring (bicyclic) bond motifs is 4. The lowest BCUT2D eigenvalue weighted by Crippen LogP contribution is -2.19. The standard InChI is InChI=1S/C22H20N2O5S2/c1-31(26,27)14-7-8-17-20(11-14)30-22(23-17)24-21(25)12-28-13-6-9-19-16(10-13)15-4-2-3-5-18(15)29-19/h6-11H,2-5,12H2,1H3,(H,23,24,25). The highest BCUT2D eigenvalue weighted by molar-refractivity contribution is 7.90. The minimum atomic E-state index is -3.30. The van der Waals surface area contributed by atoms with Crippen molar-refractivity contribution in [3.63, 3.8) is 0 Å². The summed E-state index contributed by atoms with van der Waals surface area (Å²) in [7, 11) is -3.30. The van der Waals surface area contributed by atoms with E-state index in [9.17, 15) is 13.2 Å². The van der Waals surface area contributed by atoms with Crippen molar-refractivity contribution in [3.05, 3.63) is 47.7 Å². The summed E-state index contributed by atoms with van der Waals surface area (Å²) >= 11 is 1.22. The monoisotopic (exact) mass is 456 g/mol. The predicted molar refractivity (Wildman–Crippen MR) is 120 cm³/mol. The van der Waals surface area contributed by atoms with Gasteiger partial charge in [-0.2, -0.15) is 0 Å². The Morgan fingerprint density at radius 2 is 2.03 bits per heavy atom. The van der Waals surface area contributed by atoms with Crippen molar-refractivity contribution in [1.29, 1.82) is 0 Å². The lowest BCUT2D eigenvalue weighted by atomic mass is 9.96. The molecule has 31 heavy (non-hydrogen) atoms. The van der Waals surface area contributed by atoms with Crippen LogP contribution in [-0.2, 0) is 27.5 Å². The van der Waals surface area contributed by atoms with Crippen LogP contribution in [0.4, 0.5) is 5.13 Å². The smallest absolute Gasteiger partial charge is 0.264 e. The number of hydrogen-bond acceptors (Lipinski definition) is 7. The summed E-state index contributed by atoms with van der Waals surface area (Å²) in [6, 6.07) is 10.3. The number of carbonyl (C=O) groups is 1. The van der Waals surface area contributed by atoms with E-state index in [4.69, 9.17) is 9.15 Å². The maximum Gasteiger partial charge on any atom is 0.264 e. The molecule has 1 N–H and O–H groups in total. The number of anilines is 1.